The molecule has 3 amide bonds. The normalized spacial score (nSPS) is 20.3. The van der Waals surface area contributed by atoms with Crippen LogP contribution in [0.1, 0.15) is 80.4 Å². The molecule has 4 saturated heterocycles. The summed E-state index contributed by atoms with van der Waals surface area (Å²) in [5, 5.41) is 12.5. The SMILES string of the molecule is CCN(C)S(=O)(=O)Nc1ccc(F)c(Oc2ccc3ncn(C[SH+]C4COC5(CCN(C(=O)CN6CCC(c7ccc(C8CCC(=O)NC8=O)cc7OS(=O)(=O)F)CC6)CC5)C4)c(=O)c3c2)c1C#N. The number of carbonyl (C=O) groups is 3. The number of imide groups is 1. The number of aromatic nitrogens is 2. The van der Waals surface area contributed by atoms with E-state index >= 15 is 4.39 Å². The van der Waals surface area contributed by atoms with Gasteiger partial charge in [0, 0.05) is 39.5 Å². The predicted octanol–water partition coefficient (Wildman–Crippen LogP) is 3.72. The largest absolute Gasteiger partial charge is 0.488 e. The maximum Gasteiger partial charge on any atom is 0.488 e. The van der Waals surface area contributed by atoms with Crippen molar-refractivity contribution in [1.29, 1.82) is 5.26 Å². The summed E-state index contributed by atoms with van der Waals surface area (Å²) < 4.78 is 99.1. The van der Waals surface area contributed by atoms with Crippen LogP contribution in [0.5, 0.6) is 17.2 Å². The zero-order valence-corrected chi connectivity index (χ0v) is 40.3. The van der Waals surface area contributed by atoms with Crippen LogP contribution in [0.25, 0.3) is 10.9 Å². The van der Waals surface area contributed by atoms with E-state index in [9.17, 15) is 45.2 Å². The van der Waals surface area contributed by atoms with Crippen molar-refractivity contribution in [2.45, 2.75) is 80.4 Å². The Hall–Kier alpha value is -5.71. The molecule has 0 aliphatic carbocycles. The van der Waals surface area contributed by atoms with E-state index in [2.05, 4.69) is 15.0 Å². The van der Waals surface area contributed by atoms with Gasteiger partial charge >= 0.3 is 20.7 Å². The first-order valence-corrected chi connectivity index (χ1v) is 26.3. The molecule has 4 fully saturated rings. The quantitative estimate of drug-likeness (QED) is 0.0747. The van der Waals surface area contributed by atoms with Crippen LogP contribution < -0.4 is 24.5 Å². The molecule has 0 bridgehead atoms. The van der Waals surface area contributed by atoms with Crippen molar-refractivity contribution in [1.82, 2.24) is 29.0 Å². The Kier molecular flexibility index (Phi) is 14.6. The van der Waals surface area contributed by atoms with Crippen molar-refractivity contribution in [2.24, 2.45) is 0 Å². The van der Waals surface area contributed by atoms with Crippen molar-refractivity contribution < 1.29 is 53.2 Å². The van der Waals surface area contributed by atoms with Crippen LogP contribution in [-0.2, 0) is 57.5 Å². The van der Waals surface area contributed by atoms with Crippen molar-refractivity contribution in [3.63, 3.8) is 0 Å². The second kappa shape index (κ2) is 20.3. The van der Waals surface area contributed by atoms with Crippen molar-refractivity contribution in [3.8, 4) is 23.3 Å². The first kappa shape index (κ1) is 49.7. The summed E-state index contributed by atoms with van der Waals surface area (Å²) in [6, 6.07) is 13.0. The van der Waals surface area contributed by atoms with E-state index in [1.165, 1.54) is 42.2 Å². The molecule has 2 atom stereocenters. The first-order valence-electron chi connectivity index (χ1n) is 22.4. The average molecular weight is 1010 g/mol. The Morgan fingerprint density at radius 3 is 2.51 bits per heavy atom. The van der Waals surface area contributed by atoms with Crippen molar-refractivity contribution >= 4 is 66.8 Å². The van der Waals surface area contributed by atoms with Gasteiger partial charge in [-0.05, 0) is 110 Å². The second-order valence-corrected chi connectivity index (χ2v) is 21.7. The smallest absolute Gasteiger partial charge is 0.453 e. The molecular weight excluding hydrogens is 963 g/mol. The molecule has 4 aliphatic heterocycles. The van der Waals surface area contributed by atoms with Gasteiger partial charge in [-0.25, -0.2) is 9.37 Å². The van der Waals surface area contributed by atoms with E-state index in [-0.39, 0.29) is 76.7 Å². The summed E-state index contributed by atoms with van der Waals surface area (Å²) in [4.78, 5) is 59.7. The molecule has 1 aromatic heterocycles. The molecule has 1 spiro atoms. The summed E-state index contributed by atoms with van der Waals surface area (Å²) >= 11 is 0.929. The van der Waals surface area contributed by atoms with Crippen molar-refractivity contribution in [2.75, 3.05) is 57.6 Å². The zero-order valence-electron chi connectivity index (χ0n) is 37.7. The van der Waals surface area contributed by atoms with Crippen LogP contribution in [0.3, 0.4) is 0 Å². The van der Waals surface area contributed by atoms with Gasteiger partial charge in [0.05, 0.1) is 41.3 Å². The lowest BCUT2D eigenvalue weighted by Crippen LogP contribution is -2.50. The number of rotatable bonds is 15. The van der Waals surface area contributed by atoms with Crippen LogP contribution >= 0.6 is 0 Å². The van der Waals surface area contributed by atoms with E-state index in [1.54, 1.807) is 19.1 Å². The number of thiol groups is 1. The Labute approximate surface area is 401 Å². The third kappa shape index (κ3) is 11.3. The number of fused-ring (bicyclic) bond motifs is 1. The minimum absolute atomic E-state index is 0.0131. The molecule has 69 heavy (non-hydrogen) atoms. The fraction of sp³-hybridized carbons (Fsp3) is 0.467. The van der Waals surface area contributed by atoms with Crippen LogP contribution in [0.15, 0.2) is 59.7 Å². The minimum Gasteiger partial charge on any atom is -0.453 e. The predicted molar refractivity (Wildman–Crippen MR) is 250 cm³/mol. The highest BCUT2D eigenvalue weighted by atomic mass is 32.3. The van der Waals surface area contributed by atoms with Crippen LogP contribution in [-0.4, -0.2) is 122 Å². The molecule has 5 heterocycles. The summed E-state index contributed by atoms with van der Waals surface area (Å²) in [6.45, 7) is 4.56. The molecule has 24 heteroatoms. The van der Waals surface area contributed by atoms with E-state index in [0.717, 1.165) is 34.6 Å². The van der Waals surface area contributed by atoms with E-state index in [1.807, 2.05) is 15.9 Å². The van der Waals surface area contributed by atoms with Crippen LogP contribution in [0.2, 0.25) is 0 Å². The highest BCUT2D eigenvalue weighted by Crippen LogP contribution is 2.40. The van der Waals surface area contributed by atoms with Gasteiger partial charge < -0.3 is 18.6 Å². The topological polar surface area (TPSA) is 240 Å². The number of carbonyl (C=O) groups excluding carboxylic acids is 3. The summed E-state index contributed by atoms with van der Waals surface area (Å²) in [7, 11) is -8.06. The molecule has 368 valence electrons. The number of nitriles is 1. The lowest BCUT2D eigenvalue weighted by Gasteiger charge is -2.39. The van der Waals surface area contributed by atoms with Gasteiger partial charge in [0.25, 0.3) is 5.56 Å². The lowest BCUT2D eigenvalue weighted by molar-refractivity contribution is -0.137. The number of nitrogens with one attached hydrogen (secondary N) is 2. The highest BCUT2D eigenvalue weighted by Gasteiger charge is 2.46. The summed E-state index contributed by atoms with van der Waals surface area (Å²) in [5.41, 5.74) is -0.0471. The zero-order chi connectivity index (χ0) is 49.3. The van der Waals surface area contributed by atoms with Gasteiger partial charge in [-0.3, -0.25) is 38.7 Å². The Balaban J connectivity index is 0.826. The molecule has 19 nitrogen and oxygen atoms in total. The fourth-order valence-electron chi connectivity index (χ4n) is 9.30. The highest BCUT2D eigenvalue weighted by molar-refractivity contribution is 7.90. The van der Waals surface area contributed by atoms with E-state index < -0.39 is 55.6 Å². The van der Waals surface area contributed by atoms with E-state index in [4.69, 9.17) is 13.7 Å². The molecule has 0 radical (unpaired) electrons. The third-order valence-corrected chi connectivity index (χ3v) is 16.5. The monoisotopic (exact) mass is 1010 g/mol. The first-order chi connectivity index (χ1) is 32.8. The molecule has 3 aromatic carbocycles. The van der Waals surface area contributed by atoms with Gasteiger partial charge in [0.1, 0.15) is 34.7 Å². The van der Waals surface area contributed by atoms with Crippen molar-refractivity contribution in [3.05, 3.63) is 87.7 Å². The number of amides is 3. The lowest BCUT2D eigenvalue weighted by atomic mass is 9.85. The van der Waals surface area contributed by atoms with E-state index in [0.29, 0.717) is 81.0 Å². The van der Waals surface area contributed by atoms with Crippen LogP contribution in [0, 0.1) is 17.1 Å². The summed E-state index contributed by atoms with van der Waals surface area (Å²) in [5.74, 6) is -3.10. The van der Waals surface area contributed by atoms with Gasteiger partial charge in [0.2, 0.25) is 17.7 Å². The number of piperidine rings is 3. The average Bonchev–Trinajstić information content (AvgIpc) is 3.71. The summed E-state index contributed by atoms with van der Waals surface area (Å²) in [6.07, 6.45) is 4.97. The molecule has 4 aliphatic rings. The maximum atomic E-state index is 15.1. The van der Waals surface area contributed by atoms with Crippen LogP contribution in [0.4, 0.5) is 14.0 Å². The van der Waals surface area contributed by atoms with Gasteiger partial charge in [0.15, 0.2) is 17.4 Å². The third-order valence-electron chi connectivity index (χ3n) is 13.3. The van der Waals surface area contributed by atoms with Gasteiger partial charge in [-0.2, -0.15) is 26.4 Å². The maximum absolute atomic E-state index is 15.1. The number of halogens is 2. The van der Waals surface area contributed by atoms with Gasteiger partial charge in [-0.15, -0.1) is 0 Å². The molecule has 2 N–H and O–H groups in total. The Morgan fingerprint density at radius 1 is 1.06 bits per heavy atom. The Morgan fingerprint density at radius 2 is 1.81 bits per heavy atom. The number of likely N-dealkylation sites (tertiary alicyclic amines) is 2. The number of hydrogen-bond acceptors (Lipinski definition) is 14. The standard InChI is InChI=1S/C45H50F2N8O11S3/c1-3-52(2)69(62,63)51-38-10-8-36(46)42(35(38)23-48)65-30-5-9-37-34(21-30)44(59)55(26-49-37)27-67-31-22-45(64-25-31)14-18-54(19-15-45)41(57)24-53-16-12-28(13-17-53)32-6-4-29(20-39(32)66-68(47,60)61)33-7-11-40(56)50-43(33)58/h4-6,8-10,20-21,26,28,31,33,51H,3,7,11-19,22,24-25,27H2,1-2H3,(H,50,56,58)/p+1. The number of hydrogen-bond donors (Lipinski definition) is 2. The fourth-order valence-corrected chi connectivity index (χ4v) is 11.9. The minimum atomic E-state index is -5.37. The number of benzene rings is 3. The molecule has 2 unspecified atom stereocenters. The molecule has 0 saturated carbocycles. The number of nitrogens with zero attached hydrogens (tertiary/aromatic N) is 6. The number of ether oxygens (including phenoxy) is 2. The second-order valence-electron chi connectivity index (χ2n) is 17.6. The Bertz CT molecular complexity index is 2990. The molecule has 4 aromatic rings. The molecule has 8 rings (SSSR count). The number of anilines is 1. The van der Waals surface area contributed by atoms with Gasteiger partial charge in [-0.1, -0.05) is 22.9 Å². The molecular formula is C45H51F2N8O11S3+.